The van der Waals surface area contributed by atoms with Crippen molar-refractivity contribution in [3.8, 4) is 5.75 Å². The maximum Gasteiger partial charge on any atom is 0.119 e. The zero-order valence-corrected chi connectivity index (χ0v) is 14.7. The number of aromatic amines is 1. The van der Waals surface area contributed by atoms with Crippen LogP contribution in [0.25, 0.3) is 10.9 Å². The molecule has 1 aromatic heterocycles. The number of ether oxygens (including phenoxy) is 1. The molecule has 4 nitrogen and oxygen atoms in total. The number of H-pyrrole nitrogens is 1. The number of benzene rings is 1. The summed E-state index contributed by atoms with van der Waals surface area (Å²) in [5, 5.41) is 4.93. The molecule has 4 rings (SSSR count). The predicted molar refractivity (Wildman–Crippen MR) is 98.5 cm³/mol. The van der Waals surface area contributed by atoms with Gasteiger partial charge in [0.25, 0.3) is 0 Å². The Balaban J connectivity index is 1.35. The zero-order chi connectivity index (χ0) is 16.4. The third kappa shape index (κ3) is 3.31. The average molecular weight is 327 g/mol. The Morgan fingerprint density at radius 3 is 3.00 bits per heavy atom. The van der Waals surface area contributed by atoms with Crippen molar-refractivity contribution in [2.45, 2.75) is 44.7 Å². The van der Waals surface area contributed by atoms with Crippen molar-refractivity contribution < 1.29 is 4.74 Å². The van der Waals surface area contributed by atoms with E-state index in [1.165, 1.54) is 61.8 Å². The van der Waals surface area contributed by atoms with Crippen molar-refractivity contribution in [1.29, 1.82) is 0 Å². The Hall–Kier alpha value is -1.52. The van der Waals surface area contributed by atoms with Gasteiger partial charge in [-0.2, -0.15) is 0 Å². The Bertz CT molecular complexity index is 679. The molecule has 0 aliphatic carbocycles. The molecule has 0 spiro atoms. The van der Waals surface area contributed by atoms with Crippen molar-refractivity contribution >= 4 is 10.9 Å². The molecule has 24 heavy (non-hydrogen) atoms. The molecule has 0 unspecified atom stereocenters. The van der Waals surface area contributed by atoms with Crippen molar-refractivity contribution in [2.75, 3.05) is 26.7 Å². The summed E-state index contributed by atoms with van der Waals surface area (Å²) in [6, 6.07) is 9.26. The van der Waals surface area contributed by atoms with E-state index in [0.29, 0.717) is 0 Å². The fraction of sp³-hybridized carbons (Fsp3) is 0.600. The Kier molecular flexibility index (Phi) is 4.76. The number of rotatable bonds is 5. The fourth-order valence-corrected chi connectivity index (χ4v) is 4.60. The second-order valence-corrected chi connectivity index (χ2v) is 7.38. The second kappa shape index (κ2) is 7.16. The number of piperidine rings is 2. The van der Waals surface area contributed by atoms with Gasteiger partial charge in [-0.05, 0) is 75.5 Å². The Morgan fingerprint density at radius 1 is 1.17 bits per heavy atom. The molecule has 2 N–H and O–H groups in total. The number of nitrogens with one attached hydrogen (secondary N) is 2. The quantitative estimate of drug-likeness (QED) is 0.882. The van der Waals surface area contributed by atoms with Crippen LogP contribution in [0.15, 0.2) is 24.3 Å². The molecule has 2 atom stereocenters. The fourth-order valence-electron chi connectivity index (χ4n) is 4.60. The highest BCUT2D eigenvalue weighted by molar-refractivity contribution is 5.81. The molecule has 2 aliphatic heterocycles. The first-order valence-electron chi connectivity index (χ1n) is 9.44. The number of hydrogen-bond donors (Lipinski definition) is 2. The standard InChI is InChI=1S/C20H29N3O/c1-24-18-7-8-19-16(12-18)11-17(22-19)14-21-13-15-5-4-10-23-9-3-2-6-20(15)23/h7-8,11-12,15,20-22H,2-6,9-10,13-14H2,1H3/t15-,20+/m0/s1. The highest BCUT2D eigenvalue weighted by atomic mass is 16.5. The third-order valence-electron chi connectivity index (χ3n) is 5.83. The number of nitrogens with zero attached hydrogens (tertiary/aromatic N) is 1. The normalized spacial score (nSPS) is 24.9. The first-order chi connectivity index (χ1) is 11.8. The molecular weight excluding hydrogens is 298 g/mol. The number of aromatic nitrogens is 1. The maximum atomic E-state index is 5.31. The highest BCUT2D eigenvalue weighted by Gasteiger charge is 2.32. The molecule has 4 heteroatoms. The number of hydrogen-bond acceptors (Lipinski definition) is 3. The predicted octanol–water partition coefficient (Wildman–Crippen LogP) is 3.53. The molecule has 0 bridgehead atoms. The van der Waals surface area contributed by atoms with Gasteiger partial charge in [0.2, 0.25) is 0 Å². The SMILES string of the molecule is COc1ccc2[nH]c(CNC[C@@H]3CCCN4CCCC[C@H]34)cc2c1. The summed E-state index contributed by atoms with van der Waals surface area (Å²) in [6.07, 6.45) is 6.97. The summed E-state index contributed by atoms with van der Waals surface area (Å²) in [6.45, 7) is 4.70. The van der Waals surface area contributed by atoms with Gasteiger partial charge in [0.15, 0.2) is 0 Å². The van der Waals surface area contributed by atoms with E-state index >= 15 is 0 Å². The van der Waals surface area contributed by atoms with Crippen LogP contribution in [-0.4, -0.2) is 42.7 Å². The average Bonchev–Trinajstić information content (AvgIpc) is 3.03. The highest BCUT2D eigenvalue weighted by Crippen LogP contribution is 2.30. The van der Waals surface area contributed by atoms with E-state index in [0.717, 1.165) is 30.8 Å². The van der Waals surface area contributed by atoms with E-state index in [4.69, 9.17) is 4.74 Å². The van der Waals surface area contributed by atoms with E-state index < -0.39 is 0 Å². The van der Waals surface area contributed by atoms with E-state index in [-0.39, 0.29) is 0 Å². The lowest BCUT2D eigenvalue weighted by atomic mass is 9.83. The molecule has 0 amide bonds. The third-order valence-corrected chi connectivity index (χ3v) is 5.83. The van der Waals surface area contributed by atoms with Crippen LogP contribution in [0.2, 0.25) is 0 Å². The van der Waals surface area contributed by atoms with Crippen LogP contribution in [0.4, 0.5) is 0 Å². The van der Waals surface area contributed by atoms with E-state index in [2.05, 4.69) is 33.4 Å². The molecular formula is C20H29N3O. The van der Waals surface area contributed by atoms with Crippen molar-refractivity contribution in [3.05, 3.63) is 30.0 Å². The molecule has 2 aromatic rings. The number of fused-ring (bicyclic) bond motifs is 2. The number of methoxy groups -OCH3 is 1. The maximum absolute atomic E-state index is 5.31. The van der Waals surface area contributed by atoms with Crippen LogP contribution in [0.3, 0.4) is 0 Å². The Labute approximate surface area is 144 Å². The van der Waals surface area contributed by atoms with Crippen molar-refractivity contribution in [3.63, 3.8) is 0 Å². The van der Waals surface area contributed by atoms with Crippen molar-refractivity contribution in [2.24, 2.45) is 5.92 Å². The summed E-state index contributed by atoms with van der Waals surface area (Å²) in [7, 11) is 1.72. The molecule has 0 saturated carbocycles. The largest absolute Gasteiger partial charge is 0.497 e. The van der Waals surface area contributed by atoms with Gasteiger partial charge in [-0.1, -0.05) is 6.42 Å². The van der Waals surface area contributed by atoms with Crippen LogP contribution >= 0.6 is 0 Å². The summed E-state index contributed by atoms with van der Waals surface area (Å²) in [4.78, 5) is 6.26. The van der Waals surface area contributed by atoms with Gasteiger partial charge in [-0.25, -0.2) is 0 Å². The van der Waals surface area contributed by atoms with Crippen LogP contribution < -0.4 is 10.1 Å². The van der Waals surface area contributed by atoms with Crippen LogP contribution in [0.5, 0.6) is 5.75 Å². The molecule has 2 fully saturated rings. The van der Waals surface area contributed by atoms with Crippen LogP contribution in [0.1, 0.15) is 37.8 Å². The Morgan fingerprint density at radius 2 is 2.08 bits per heavy atom. The minimum Gasteiger partial charge on any atom is -0.497 e. The monoisotopic (exact) mass is 327 g/mol. The molecule has 0 radical (unpaired) electrons. The summed E-state index contributed by atoms with van der Waals surface area (Å²) < 4.78 is 5.31. The first-order valence-corrected chi connectivity index (χ1v) is 9.44. The lowest BCUT2D eigenvalue weighted by molar-refractivity contribution is 0.0593. The second-order valence-electron chi connectivity index (χ2n) is 7.38. The van der Waals surface area contributed by atoms with Gasteiger partial charge in [0.05, 0.1) is 7.11 Å². The summed E-state index contributed by atoms with van der Waals surface area (Å²) >= 11 is 0. The van der Waals surface area contributed by atoms with Crippen molar-refractivity contribution in [1.82, 2.24) is 15.2 Å². The van der Waals surface area contributed by atoms with Gasteiger partial charge >= 0.3 is 0 Å². The van der Waals surface area contributed by atoms with Gasteiger partial charge in [-0.3, -0.25) is 0 Å². The summed E-state index contributed by atoms with van der Waals surface area (Å²) in [5.74, 6) is 1.74. The molecule has 2 aliphatic rings. The minimum atomic E-state index is 0.823. The molecule has 2 saturated heterocycles. The van der Waals surface area contributed by atoms with E-state index in [1.54, 1.807) is 7.11 Å². The van der Waals surface area contributed by atoms with Gasteiger partial charge < -0.3 is 19.9 Å². The zero-order valence-electron chi connectivity index (χ0n) is 14.7. The van der Waals surface area contributed by atoms with Gasteiger partial charge in [0.1, 0.15) is 5.75 Å². The summed E-state index contributed by atoms with van der Waals surface area (Å²) in [5.41, 5.74) is 2.44. The topological polar surface area (TPSA) is 40.3 Å². The smallest absolute Gasteiger partial charge is 0.119 e. The molecule has 1 aromatic carbocycles. The minimum absolute atomic E-state index is 0.823. The molecule has 130 valence electrons. The first kappa shape index (κ1) is 16.0. The lowest BCUT2D eigenvalue weighted by Gasteiger charge is -2.44. The molecule has 3 heterocycles. The van der Waals surface area contributed by atoms with E-state index in [1.807, 2.05) is 6.07 Å². The van der Waals surface area contributed by atoms with Crippen LogP contribution in [0, 0.1) is 5.92 Å². The van der Waals surface area contributed by atoms with E-state index in [9.17, 15) is 0 Å². The lowest BCUT2D eigenvalue weighted by Crippen LogP contribution is -2.50. The van der Waals surface area contributed by atoms with Gasteiger partial charge in [0, 0.05) is 29.2 Å². The van der Waals surface area contributed by atoms with Gasteiger partial charge in [-0.15, -0.1) is 0 Å². The van der Waals surface area contributed by atoms with Crippen LogP contribution in [-0.2, 0) is 6.54 Å².